The summed E-state index contributed by atoms with van der Waals surface area (Å²) in [5, 5.41) is 22.3. The van der Waals surface area contributed by atoms with Gasteiger partial charge in [-0.2, -0.15) is 0 Å². The third-order valence-electron chi connectivity index (χ3n) is 8.24. The lowest BCUT2D eigenvalue weighted by Gasteiger charge is -2.20. The van der Waals surface area contributed by atoms with Gasteiger partial charge in [0.1, 0.15) is 0 Å². The molecule has 0 saturated carbocycles. The van der Waals surface area contributed by atoms with Gasteiger partial charge in [0, 0.05) is 6.42 Å². The third-order valence-corrected chi connectivity index (χ3v) is 8.24. The van der Waals surface area contributed by atoms with Crippen LogP contribution in [0.5, 0.6) is 0 Å². The lowest BCUT2D eigenvalue weighted by molar-refractivity contribution is -0.127. The lowest BCUT2D eigenvalue weighted by Crippen LogP contribution is -2.43. The zero-order valence-electron chi connectivity index (χ0n) is 27.1. The summed E-state index contributed by atoms with van der Waals surface area (Å²) in [5.74, 6) is -0.0407. The first-order chi connectivity index (χ1) is 19.6. The number of hydrogen-bond donors (Lipinski definition) is 3. The van der Waals surface area contributed by atoms with Crippen LogP contribution in [-0.2, 0) is 4.79 Å². The summed E-state index contributed by atoms with van der Waals surface area (Å²) in [7, 11) is 0. The van der Waals surface area contributed by atoms with Crippen molar-refractivity contribution in [1.82, 2.24) is 5.32 Å². The van der Waals surface area contributed by atoms with E-state index in [4.69, 9.17) is 0 Å². The highest BCUT2D eigenvalue weighted by Gasteiger charge is 2.18. The second-order valence-corrected chi connectivity index (χ2v) is 12.3. The summed E-state index contributed by atoms with van der Waals surface area (Å²) < 4.78 is 0. The van der Waals surface area contributed by atoms with Crippen LogP contribution in [-0.4, -0.2) is 28.5 Å². The van der Waals surface area contributed by atoms with Gasteiger partial charge in [-0.05, 0) is 38.5 Å². The van der Waals surface area contributed by atoms with Gasteiger partial charge in [-0.1, -0.05) is 167 Å². The molecule has 238 valence electrons. The molecule has 0 spiro atoms. The van der Waals surface area contributed by atoms with Crippen molar-refractivity contribution in [3.05, 3.63) is 12.2 Å². The summed E-state index contributed by atoms with van der Waals surface area (Å²) in [5.41, 5.74) is 0. The molecular weight excluding hydrogens is 494 g/mol. The molecule has 0 fully saturated rings. The average Bonchev–Trinajstić information content (AvgIpc) is 2.94. The number of aliphatic hydroxyl groups is 2. The molecule has 0 aliphatic heterocycles. The molecule has 0 bridgehead atoms. The van der Waals surface area contributed by atoms with E-state index in [-0.39, 0.29) is 5.91 Å². The number of aliphatic hydroxyl groups excluding tert-OH is 1. The van der Waals surface area contributed by atoms with Gasteiger partial charge in [0.2, 0.25) is 5.91 Å². The molecule has 0 aromatic carbocycles. The van der Waals surface area contributed by atoms with E-state index in [1.807, 2.05) is 0 Å². The van der Waals surface area contributed by atoms with Gasteiger partial charge in [-0.3, -0.25) is 4.79 Å². The third kappa shape index (κ3) is 30.1. The second kappa shape index (κ2) is 32.6. The molecule has 4 nitrogen and oxygen atoms in total. The predicted octanol–water partition coefficient (Wildman–Crippen LogP) is 10.7. The number of amides is 1. The lowest BCUT2D eigenvalue weighted by atomic mass is 10.0. The number of nitrogens with one attached hydrogen (secondary N) is 1. The van der Waals surface area contributed by atoms with Crippen LogP contribution in [0.2, 0.25) is 0 Å². The minimum absolute atomic E-state index is 0.0407. The van der Waals surface area contributed by atoms with Crippen LogP contribution in [0.4, 0.5) is 0 Å². The van der Waals surface area contributed by atoms with E-state index < -0.39 is 12.3 Å². The molecule has 0 aromatic heterocycles. The number of carbonyl (C=O) groups is 1. The van der Waals surface area contributed by atoms with Crippen LogP contribution in [0.25, 0.3) is 0 Å². The van der Waals surface area contributed by atoms with E-state index in [1.54, 1.807) is 0 Å². The number of rotatable bonds is 32. The van der Waals surface area contributed by atoms with Crippen molar-refractivity contribution >= 4 is 5.91 Å². The highest BCUT2D eigenvalue weighted by atomic mass is 16.5. The van der Waals surface area contributed by atoms with Gasteiger partial charge in [0.25, 0.3) is 0 Å². The fourth-order valence-corrected chi connectivity index (χ4v) is 5.49. The SMILES string of the molecule is CCCCCCCCC=CCCCCCCCC(=O)NC(CCCCCCCCCCCCCCCC)C(O)O. The summed E-state index contributed by atoms with van der Waals surface area (Å²) in [6.45, 7) is 4.54. The molecule has 1 amide bonds. The van der Waals surface area contributed by atoms with Crippen molar-refractivity contribution in [2.45, 2.75) is 212 Å². The molecule has 1 atom stereocenters. The fourth-order valence-electron chi connectivity index (χ4n) is 5.49. The normalized spacial score (nSPS) is 12.5. The summed E-state index contributed by atoms with van der Waals surface area (Å²) in [6.07, 6.45) is 38.8. The first kappa shape index (κ1) is 39.1. The van der Waals surface area contributed by atoms with Crippen LogP contribution >= 0.6 is 0 Å². The Hall–Kier alpha value is -0.870. The molecule has 3 N–H and O–H groups in total. The van der Waals surface area contributed by atoms with Gasteiger partial charge in [-0.25, -0.2) is 0 Å². The second-order valence-electron chi connectivity index (χ2n) is 12.3. The Morgan fingerprint density at radius 2 is 0.875 bits per heavy atom. The Morgan fingerprint density at radius 3 is 1.27 bits per heavy atom. The Bertz CT molecular complexity index is 534. The fraction of sp³-hybridized carbons (Fsp3) is 0.917. The van der Waals surface area contributed by atoms with Crippen molar-refractivity contribution in [1.29, 1.82) is 0 Å². The molecule has 0 rings (SSSR count). The van der Waals surface area contributed by atoms with Crippen LogP contribution < -0.4 is 5.32 Å². The van der Waals surface area contributed by atoms with Crippen LogP contribution in [0.3, 0.4) is 0 Å². The summed E-state index contributed by atoms with van der Waals surface area (Å²) in [4.78, 5) is 12.3. The molecule has 0 aromatic rings. The Morgan fingerprint density at radius 1 is 0.525 bits per heavy atom. The van der Waals surface area contributed by atoms with Crippen molar-refractivity contribution < 1.29 is 15.0 Å². The van der Waals surface area contributed by atoms with Crippen LogP contribution in [0.15, 0.2) is 12.2 Å². The van der Waals surface area contributed by atoms with Crippen LogP contribution in [0.1, 0.15) is 200 Å². The maximum atomic E-state index is 12.3. The number of carbonyl (C=O) groups excluding carboxylic acids is 1. The minimum atomic E-state index is -1.47. The molecular formula is C36H71NO3. The molecule has 0 heterocycles. The van der Waals surface area contributed by atoms with Crippen molar-refractivity contribution in [2.75, 3.05) is 0 Å². The smallest absolute Gasteiger partial charge is 0.220 e. The largest absolute Gasteiger partial charge is 0.366 e. The number of hydrogen-bond acceptors (Lipinski definition) is 3. The molecule has 0 aliphatic carbocycles. The van der Waals surface area contributed by atoms with Gasteiger partial charge in [0.15, 0.2) is 6.29 Å². The van der Waals surface area contributed by atoms with Gasteiger partial charge in [0.05, 0.1) is 6.04 Å². The standard InChI is InChI=1S/C36H71NO3/c1-3-5-7-9-11-13-15-17-19-21-23-25-27-29-31-33-35(38)37-34(36(39)40)32-30-28-26-24-22-20-18-16-14-12-10-8-6-4-2/h17,19,34,36,39-40H,3-16,18,20-33H2,1-2H3,(H,37,38). The maximum absolute atomic E-state index is 12.3. The zero-order chi connectivity index (χ0) is 29.4. The monoisotopic (exact) mass is 566 g/mol. The molecule has 40 heavy (non-hydrogen) atoms. The molecule has 4 heteroatoms. The average molecular weight is 566 g/mol. The Kier molecular flexibility index (Phi) is 31.9. The Labute approximate surface area is 250 Å². The summed E-state index contributed by atoms with van der Waals surface area (Å²) in [6, 6.07) is -0.534. The van der Waals surface area contributed by atoms with Crippen molar-refractivity contribution in [3.63, 3.8) is 0 Å². The van der Waals surface area contributed by atoms with Crippen molar-refractivity contribution in [3.8, 4) is 0 Å². The van der Waals surface area contributed by atoms with E-state index in [1.165, 1.54) is 148 Å². The van der Waals surface area contributed by atoms with Crippen LogP contribution in [0, 0.1) is 0 Å². The Balaban J connectivity index is 3.56. The minimum Gasteiger partial charge on any atom is -0.366 e. The van der Waals surface area contributed by atoms with Gasteiger partial charge >= 0.3 is 0 Å². The summed E-state index contributed by atoms with van der Waals surface area (Å²) >= 11 is 0. The number of allylic oxidation sites excluding steroid dienone is 2. The van der Waals surface area contributed by atoms with E-state index in [0.717, 1.165) is 25.7 Å². The first-order valence-electron chi connectivity index (χ1n) is 17.9. The highest BCUT2D eigenvalue weighted by Crippen LogP contribution is 2.15. The van der Waals surface area contributed by atoms with Gasteiger partial charge in [-0.15, -0.1) is 0 Å². The molecule has 0 radical (unpaired) electrons. The highest BCUT2D eigenvalue weighted by molar-refractivity contribution is 5.76. The topological polar surface area (TPSA) is 69.6 Å². The maximum Gasteiger partial charge on any atom is 0.220 e. The van der Waals surface area contributed by atoms with E-state index >= 15 is 0 Å². The predicted molar refractivity (Wildman–Crippen MR) is 175 cm³/mol. The van der Waals surface area contributed by atoms with Crippen molar-refractivity contribution in [2.24, 2.45) is 0 Å². The first-order valence-corrected chi connectivity index (χ1v) is 17.9. The zero-order valence-corrected chi connectivity index (χ0v) is 27.1. The van der Waals surface area contributed by atoms with E-state index in [2.05, 4.69) is 31.3 Å². The van der Waals surface area contributed by atoms with E-state index in [9.17, 15) is 15.0 Å². The van der Waals surface area contributed by atoms with Gasteiger partial charge < -0.3 is 15.5 Å². The number of unbranched alkanes of at least 4 members (excludes halogenated alkanes) is 24. The molecule has 1 unspecified atom stereocenters. The molecule has 0 aliphatic rings. The van der Waals surface area contributed by atoms with E-state index in [0.29, 0.717) is 12.8 Å². The quantitative estimate of drug-likeness (QED) is 0.0431. The molecule has 0 saturated heterocycles.